The highest BCUT2D eigenvalue weighted by molar-refractivity contribution is 7.47. The third-order valence-corrected chi connectivity index (χ3v) is 10.8. The van der Waals surface area contributed by atoms with Crippen molar-refractivity contribution in [1.29, 1.82) is 0 Å². The third-order valence-electron chi connectivity index (χ3n) is 9.81. The lowest BCUT2D eigenvalue weighted by atomic mass is 9.87. The lowest BCUT2D eigenvalue weighted by molar-refractivity contribution is -0.870. The smallest absolute Gasteiger partial charge is 0.393 e. The van der Waals surface area contributed by atoms with E-state index in [1.54, 1.807) is 18.2 Å². The predicted octanol–water partition coefficient (Wildman–Crippen LogP) is 6.30. The van der Waals surface area contributed by atoms with Crippen LogP contribution in [0.4, 0.5) is 0 Å². The molecule has 0 heterocycles. The first-order valence-corrected chi connectivity index (χ1v) is 22.0. The van der Waals surface area contributed by atoms with E-state index >= 15 is 0 Å². The number of hydrogen-bond donors (Lipinski definition) is 6. The summed E-state index contributed by atoms with van der Waals surface area (Å²) in [5, 5.41) is 45.0. The van der Waals surface area contributed by atoms with Gasteiger partial charge < -0.3 is 35.1 Å². The molecule has 13 heteroatoms. The second-order valence-corrected chi connectivity index (χ2v) is 17.4. The number of likely N-dealkylation sites (N-methyl/N-ethyl adjacent to an activating group) is 1. The molecule has 1 unspecified atom stereocenters. The Bertz CT molecular complexity index is 1160. The molecule has 1 amide bonds. The van der Waals surface area contributed by atoms with Gasteiger partial charge in [0.05, 0.1) is 58.2 Å². The molecule has 6 N–H and O–H groups in total. The summed E-state index contributed by atoms with van der Waals surface area (Å²) in [4.78, 5) is 36.0. The Balaban J connectivity index is 2.66. The molecule has 1 fully saturated rings. The summed E-state index contributed by atoms with van der Waals surface area (Å²) in [5.41, 5.74) is 0. The van der Waals surface area contributed by atoms with Crippen LogP contribution in [0, 0.1) is 11.8 Å². The van der Waals surface area contributed by atoms with Crippen LogP contribution in [0.3, 0.4) is 0 Å². The van der Waals surface area contributed by atoms with Crippen LogP contribution < -0.4 is 5.32 Å². The minimum Gasteiger partial charge on any atom is -0.393 e. The van der Waals surface area contributed by atoms with Crippen molar-refractivity contribution in [1.82, 2.24) is 5.32 Å². The summed E-state index contributed by atoms with van der Waals surface area (Å²) < 4.78 is 23.4. The van der Waals surface area contributed by atoms with E-state index in [2.05, 4.69) is 31.3 Å². The SMILES string of the molecule is CCCCCCC/C=C\CC/C=C/[C@@H](O)[C@H](COP(=O)(O)OCC[N+](C)(C)C)NC(=O)CCCCC(=O)C[C@@H]1[C@@H](/C=C/[C@@H](O)CCCCC)[C@H](O)C[C@@H]1O. The van der Waals surface area contributed by atoms with Gasteiger partial charge in [0.1, 0.15) is 18.9 Å². The zero-order valence-corrected chi connectivity index (χ0v) is 34.9. The number of phosphoric ester groups is 1. The number of amides is 1. The lowest BCUT2D eigenvalue weighted by Gasteiger charge is -2.25. The van der Waals surface area contributed by atoms with E-state index in [0.717, 1.165) is 32.1 Å². The molecule has 0 aromatic heterocycles. The molecule has 0 aromatic rings. The fraction of sp³-hybridized carbons (Fsp3) is 0.805. The van der Waals surface area contributed by atoms with Crippen molar-refractivity contribution < 1.29 is 53.0 Å². The first-order chi connectivity index (χ1) is 25.6. The number of allylic oxidation sites excluding steroid dienone is 3. The number of quaternary nitrogens is 1. The number of nitrogens with zero attached hydrogens (tertiary/aromatic N) is 1. The van der Waals surface area contributed by atoms with Gasteiger partial charge in [-0.25, -0.2) is 4.57 Å². The van der Waals surface area contributed by atoms with Gasteiger partial charge in [-0.1, -0.05) is 95.2 Å². The number of nitrogens with one attached hydrogen (secondary N) is 1. The van der Waals surface area contributed by atoms with Crippen molar-refractivity contribution in [2.45, 2.75) is 160 Å². The Morgan fingerprint density at radius 2 is 1.48 bits per heavy atom. The number of hydrogen-bond acceptors (Lipinski definition) is 9. The predicted molar refractivity (Wildman–Crippen MR) is 214 cm³/mol. The Morgan fingerprint density at radius 3 is 2.19 bits per heavy atom. The van der Waals surface area contributed by atoms with Crippen LogP contribution in [0.15, 0.2) is 36.5 Å². The monoisotopic (exact) mass is 788 g/mol. The molecule has 0 radical (unpaired) electrons. The largest absolute Gasteiger partial charge is 0.472 e. The standard InChI is InChI=1S/C41H75N2O10P/c1-6-8-10-11-12-13-14-15-16-17-19-24-38(46)37(32-53-54(50,51)52-29-28-43(3,4)5)42-41(49)25-21-20-23-34(45)30-36-35(39(47)31-40(36)48)27-26-33(44)22-18-9-7-2/h14-15,19,24,26-27,33,35-40,44,46-48H,6-13,16-18,20-23,25,28-32H2,1-5H3,(H-,42,49,50,51)/p+1/b15-14-,24-19+,27-26+/t33-,35+,36+,37-,38+,39+,40-/m0/s1. The average Bonchev–Trinajstić information content (AvgIpc) is 3.36. The van der Waals surface area contributed by atoms with Crippen LogP contribution >= 0.6 is 7.82 Å². The number of Topliss-reactive ketones (excluding diaryl/α,β-unsaturated/α-hetero) is 1. The van der Waals surface area contributed by atoms with Crippen LogP contribution in [0.5, 0.6) is 0 Å². The molecule has 314 valence electrons. The number of unbranched alkanes of at least 4 members (excludes halogenated alkanes) is 9. The minimum atomic E-state index is -4.44. The minimum absolute atomic E-state index is 0.0123. The van der Waals surface area contributed by atoms with Crippen molar-refractivity contribution in [3.8, 4) is 0 Å². The number of carbonyl (C=O) groups excluding carboxylic acids is 2. The van der Waals surface area contributed by atoms with Crippen molar-refractivity contribution in [2.75, 3.05) is 40.9 Å². The molecule has 0 saturated heterocycles. The van der Waals surface area contributed by atoms with Gasteiger partial charge in [0.25, 0.3) is 0 Å². The molecule has 1 saturated carbocycles. The van der Waals surface area contributed by atoms with Crippen LogP contribution in [-0.2, 0) is 23.2 Å². The average molecular weight is 788 g/mol. The molecule has 8 atom stereocenters. The van der Waals surface area contributed by atoms with Crippen LogP contribution in [0.25, 0.3) is 0 Å². The van der Waals surface area contributed by atoms with Gasteiger partial charge in [-0.3, -0.25) is 18.6 Å². The maximum absolute atomic E-state index is 12.9. The molecule has 1 aliphatic carbocycles. The van der Waals surface area contributed by atoms with Gasteiger partial charge in [-0.05, 0) is 44.9 Å². The lowest BCUT2D eigenvalue weighted by Crippen LogP contribution is -2.45. The maximum Gasteiger partial charge on any atom is 0.472 e. The Labute approximate surface area is 326 Å². The summed E-state index contributed by atoms with van der Waals surface area (Å²) in [6.07, 6.45) is 21.3. The van der Waals surface area contributed by atoms with E-state index in [-0.39, 0.29) is 38.1 Å². The van der Waals surface area contributed by atoms with Crippen molar-refractivity contribution in [3.63, 3.8) is 0 Å². The van der Waals surface area contributed by atoms with E-state index in [9.17, 15) is 39.5 Å². The molecule has 0 spiro atoms. The van der Waals surface area contributed by atoms with Crippen molar-refractivity contribution in [3.05, 3.63) is 36.5 Å². The second-order valence-electron chi connectivity index (χ2n) is 16.0. The zero-order chi connectivity index (χ0) is 40.4. The normalized spacial score (nSPS) is 22.3. The highest BCUT2D eigenvalue weighted by atomic mass is 31.2. The quantitative estimate of drug-likeness (QED) is 0.0196. The molecule has 1 aliphatic rings. The Hall–Kier alpha value is -1.73. The summed E-state index contributed by atoms with van der Waals surface area (Å²) in [7, 11) is 1.32. The molecule has 0 aliphatic heterocycles. The van der Waals surface area contributed by atoms with Gasteiger partial charge in [0.15, 0.2) is 0 Å². The highest BCUT2D eigenvalue weighted by Gasteiger charge is 2.41. The first kappa shape index (κ1) is 50.3. The summed E-state index contributed by atoms with van der Waals surface area (Å²) >= 11 is 0. The van der Waals surface area contributed by atoms with Crippen LogP contribution in [0.2, 0.25) is 0 Å². The summed E-state index contributed by atoms with van der Waals surface area (Å²) in [5.74, 6) is -1.34. The van der Waals surface area contributed by atoms with Gasteiger partial charge in [0, 0.05) is 37.5 Å². The molecule has 0 bridgehead atoms. The number of ketones is 1. The van der Waals surface area contributed by atoms with Crippen molar-refractivity contribution >= 4 is 19.5 Å². The summed E-state index contributed by atoms with van der Waals surface area (Å²) in [6, 6.07) is -1.01. The number of aliphatic hydroxyl groups is 4. The van der Waals surface area contributed by atoms with E-state index in [1.165, 1.54) is 32.1 Å². The third kappa shape index (κ3) is 24.7. The fourth-order valence-electron chi connectivity index (χ4n) is 6.40. The van der Waals surface area contributed by atoms with E-state index < -0.39 is 62.6 Å². The number of carbonyl (C=O) groups is 2. The second kappa shape index (κ2) is 28.6. The number of aliphatic hydroxyl groups excluding tert-OH is 4. The number of rotatable bonds is 32. The van der Waals surface area contributed by atoms with Gasteiger partial charge >= 0.3 is 7.82 Å². The van der Waals surface area contributed by atoms with Gasteiger partial charge in [0.2, 0.25) is 5.91 Å². The Kier molecular flexibility index (Phi) is 26.7. The molecule has 12 nitrogen and oxygen atoms in total. The molecular weight excluding hydrogens is 711 g/mol. The zero-order valence-electron chi connectivity index (χ0n) is 34.0. The van der Waals surface area contributed by atoms with Gasteiger partial charge in [-0.2, -0.15) is 0 Å². The van der Waals surface area contributed by atoms with Crippen LogP contribution in [-0.4, -0.2) is 113 Å². The Morgan fingerprint density at radius 1 is 0.833 bits per heavy atom. The topological polar surface area (TPSA) is 183 Å². The number of phosphoric acid groups is 1. The molecule has 1 rings (SSSR count). The van der Waals surface area contributed by atoms with E-state index in [0.29, 0.717) is 36.7 Å². The fourth-order valence-corrected chi connectivity index (χ4v) is 7.14. The van der Waals surface area contributed by atoms with Gasteiger partial charge in [-0.15, -0.1) is 0 Å². The molecule has 54 heavy (non-hydrogen) atoms. The van der Waals surface area contributed by atoms with E-state index in [4.69, 9.17) is 9.05 Å². The highest BCUT2D eigenvalue weighted by Crippen LogP contribution is 2.43. The van der Waals surface area contributed by atoms with Crippen LogP contribution in [0.1, 0.15) is 129 Å². The van der Waals surface area contributed by atoms with E-state index in [1.807, 2.05) is 27.2 Å². The first-order valence-electron chi connectivity index (χ1n) is 20.5. The van der Waals surface area contributed by atoms with Crippen molar-refractivity contribution in [2.24, 2.45) is 11.8 Å². The summed E-state index contributed by atoms with van der Waals surface area (Å²) in [6.45, 7) is 4.30. The molecule has 0 aromatic carbocycles. The molecular formula is C41H76N2O10P+. The maximum atomic E-state index is 12.9.